The van der Waals surface area contributed by atoms with E-state index < -0.39 is 23.5 Å². The quantitative estimate of drug-likeness (QED) is 0.632. The van der Waals surface area contributed by atoms with Gasteiger partial charge >= 0.3 is 12.1 Å². The van der Waals surface area contributed by atoms with Crippen molar-refractivity contribution in [3.8, 4) is 11.1 Å². The predicted octanol–water partition coefficient (Wildman–Crippen LogP) is 3.31. The summed E-state index contributed by atoms with van der Waals surface area (Å²) in [6.45, 7) is 1.04. The standard InChI is InChI=1S/C26H28N2O6S/c29-23(30)22-14-35-16-28(22)24(31)26(9-11-33-12-10-26)15-27-25(32)34-13-21-19-7-3-1-5-17(19)18-6-2-4-8-20(18)21/h1-8,21-22H,9-16H2,(H,27,32)(H,29,30)/t22-/m0/s1. The first kappa shape index (κ1) is 23.7. The van der Waals surface area contributed by atoms with Gasteiger partial charge in [0.25, 0.3) is 0 Å². The van der Waals surface area contributed by atoms with Gasteiger partial charge in [-0.1, -0.05) is 48.5 Å². The van der Waals surface area contributed by atoms with Gasteiger partial charge in [-0.2, -0.15) is 0 Å². The van der Waals surface area contributed by atoms with Gasteiger partial charge in [0.15, 0.2) is 0 Å². The molecule has 0 spiro atoms. The summed E-state index contributed by atoms with van der Waals surface area (Å²) in [5.74, 6) is -0.589. The second-order valence-corrected chi connectivity index (χ2v) is 10.2. The summed E-state index contributed by atoms with van der Waals surface area (Å²) in [7, 11) is 0. The topological polar surface area (TPSA) is 105 Å². The lowest BCUT2D eigenvalue weighted by Gasteiger charge is -2.39. The van der Waals surface area contributed by atoms with Gasteiger partial charge in [-0.3, -0.25) is 4.79 Å². The van der Waals surface area contributed by atoms with E-state index in [-0.39, 0.29) is 25.0 Å². The van der Waals surface area contributed by atoms with E-state index in [1.54, 1.807) is 0 Å². The van der Waals surface area contributed by atoms with Gasteiger partial charge in [-0.25, -0.2) is 9.59 Å². The van der Waals surface area contributed by atoms with Crippen LogP contribution in [0.15, 0.2) is 48.5 Å². The smallest absolute Gasteiger partial charge is 0.407 e. The van der Waals surface area contributed by atoms with E-state index in [0.29, 0.717) is 37.7 Å². The maximum absolute atomic E-state index is 13.5. The third kappa shape index (κ3) is 4.50. The number of hydrogen-bond donors (Lipinski definition) is 2. The van der Waals surface area contributed by atoms with Crippen molar-refractivity contribution in [1.29, 1.82) is 0 Å². The number of rotatable bonds is 6. The predicted molar refractivity (Wildman–Crippen MR) is 131 cm³/mol. The lowest BCUT2D eigenvalue weighted by Crippen LogP contribution is -2.55. The molecule has 2 aromatic rings. The van der Waals surface area contributed by atoms with E-state index in [4.69, 9.17) is 9.47 Å². The van der Waals surface area contributed by atoms with E-state index >= 15 is 0 Å². The molecule has 5 rings (SSSR count). The number of aliphatic carboxylic acids is 1. The summed E-state index contributed by atoms with van der Waals surface area (Å²) in [6.07, 6.45) is 0.252. The summed E-state index contributed by atoms with van der Waals surface area (Å²) < 4.78 is 11.1. The largest absolute Gasteiger partial charge is 0.480 e. The molecule has 2 N–H and O–H groups in total. The van der Waals surface area contributed by atoms with Crippen LogP contribution < -0.4 is 5.32 Å². The molecular formula is C26H28N2O6S. The van der Waals surface area contributed by atoms with Gasteiger partial charge in [0.05, 0.1) is 11.3 Å². The van der Waals surface area contributed by atoms with Gasteiger partial charge in [-0.15, -0.1) is 11.8 Å². The van der Waals surface area contributed by atoms with E-state index in [1.807, 2.05) is 24.3 Å². The van der Waals surface area contributed by atoms with Gasteiger partial charge in [0.2, 0.25) is 5.91 Å². The number of carboxylic acids is 1. The fourth-order valence-electron chi connectivity index (χ4n) is 5.27. The maximum atomic E-state index is 13.5. The highest BCUT2D eigenvalue weighted by molar-refractivity contribution is 7.99. The molecule has 2 aliphatic heterocycles. The van der Waals surface area contributed by atoms with Gasteiger partial charge in [-0.05, 0) is 35.1 Å². The minimum atomic E-state index is -1.00. The van der Waals surface area contributed by atoms with E-state index in [2.05, 4.69) is 29.6 Å². The maximum Gasteiger partial charge on any atom is 0.407 e. The Kier molecular flexibility index (Phi) is 6.71. The molecule has 3 aliphatic rings. The normalized spacial score (nSPS) is 20.7. The number of ether oxygens (including phenoxy) is 2. The Balaban J connectivity index is 1.25. The average Bonchev–Trinajstić information content (AvgIpc) is 3.50. The summed E-state index contributed by atoms with van der Waals surface area (Å²) >= 11 is 1.43. The van der Waals surface area contributed by atoms with E-state index in [9.17, 15) is 19.5 Å². The third-order valence-electron chi connectivity index (χ3n) is 7.25. The molecule has 0 bridgehead atoms. The van der Waals surface area contributed by atoms with Crippen molar-refractivity contribution in [3.05, 3.63) is 59.7 Å². The van der Waals surface area contributed by atoms with Crippen molar-refractivity contribution >= 4 is 29.7 Å². The number of alkyl carbamates (subject to hydrolysis) is 1. The van der Waals surface area contributed by atoms with Gasteiger partial charge in [0, 0.05) is 31.4 Å². The Morgan fingerprint density at radius 2 is 1.69 bits per heavy atom. The monoisotopic (exact) mass is 496 g/mol. The van der Waals surface area contributed by atoms with Crippen LogP contribution in [0.1, 0.15) is 29.9 Å². The first-order valence-corrected chi connectivity index (χ1v) is 12.9. The fourth-order valence-corrected chi connectivity index (χ4v) is 6.42. The first-order chi connectivity index (χ1) is 17.0. The number of amides is 2. The van der Waals surface area contributed by atoms with Crippen molar-refractivity contribution in [2.24, 2.45) is 5.41 Å². The lowest BCUT2D eigenvalue weighted by atomic mass is 9.78. The van der Waals surface area contributed by atoms with Crippen molar-refractivity contribution < 1.29 is 29.0 Å². The van der Waals surface area contributed by atoms with E-state index in [0.717, 1.165) is 22.3 Å². The van der Waals surface area contributed by atoms with Crippen LogP contribution in [0.25, 0.3) is 11.1 Å². The molecule has 0 saturated carbocycles. The number of thioether (sulfide) groups is 1. The van der Waals surface area contributed by atoms with Crippen LogP contribution in [0, 0.1) is 5.41 Å². The number of benzene rings is 2. The first-order valence-electron chi connectivity index (χ1n) is 11.8. The van der Waals surface area contributed by atoms with Gasteiger partial charge < -0.3 is 24.8 Å². The Hall–Kier alpha value is -3.04. The highest BCUT2D eigenvalue weighted by Crippen LogP contribution is 2.44. The molecule has 1 aliphatic carbocycles. The Labute approximate surface area is 208 Å². The van der Waals surface area contributed by atoms with Crippen LogP contribution in [-0.4, -0.2) is 72.0 Å². The Morgan fingerprint density at radius 3 is 2.31 bits per heavy atom. The highest BCUT2D eigenvalue weighted by Gasteiger charge is 2.47. The number of carbonyl (C=O) groups is 3. The number of nitrogens with one attached hydrogen (secondary N) is 1. The molecule has 0 unspecified atom stereocenters. The molecular weight excluding hydrogens is 468 g/mol. The molecule has 2 fully saturated rings. The second-order valence-electron chi connectivity index (χ2n) is 9.20. The zero-order chi connectivity index (χ0) is 24.4. The Bertz CT molecular complexity index is 1090. The molecule has 184 valence electrons. The average molecular weight is 497 g/mol. The van der Waals surface area contributed by atoms with Crippen molar-refractivity contribution in [3.63, 3.8) is 0 Å². The number of fused-ring (bicyclic) bond motifs is 3. The molecule has 8 nitrogen and oxygen atoms in total. The molecule has 2 heterocycles. The molecule has 1 atom stereocenters. The van der Waals surface area contributed by atoms with E-state index in [1.165, 1.54) is 16.7 Å². The van der Waals surface area contributed by atoms with Crippen molar-refractivity contribution in [2.45, 2.75) is 24.8 Å². The number of nitrogens with zero attached hydrogens (tertiary/aromatic N) is 1. The molecule has 2 saturated heterocycles. The molecule has 35 heavy (non-hydrogen) atoms. The zero-order valence-electron chi connectivity index (χ0n) is 19.3. The third-order valence-corrected chi connectivity index (χ3v) is 8.26. The summed E-state index contributed by atoms with van der Waals surface area (Å²) in [5.41, 5.74) is 3.66. The summed E-state index contributed by atoms with van der Waals surface area (Å²) in [4.78, 5) is 39.3. The minimum absolute atomic E-state index is 0.0511. The Morgan fingerprint density at radius 1 is 1.06 bits per heavy atom. The number of carbonyl (C=O) groups excluding carboxylic acids is 2. The lowest BCUT2D eigenvalue weighted by molar-refractivity contribution is -0.155. The van der Waals surface area contributed by atoms with Crippen molar-refractivity contribution in [2.75, 3.05) is 38.0 Å². The number of hydrogen-bond acceptors (Lipinski definition) is 6. The zero-order valence-corrected chi connectivity index (χ0v) is 20.1. The highest BCUT2D eigenvalue weighted by atomic mass is 32.2. The van der Waals surface area contributed by atoms with Crippen LogP contribution in [0.3, 0.4) is 0 Å². The van der Waals surface area contributed by atoms with Crippen LogP contribution in [0.5, 0.6) is 0 Å². The van der Waals surface area contributed by atoms with Crippen LogP contribution >= 0.6 is 11.8 Å². The molecule has 2 aromatic carbocycles. The van der Waals surface area contributed by atoms with Crippen LogP contribution in [-0.2, 0) is 19.1 Å². The fraction of sp³-hybridized carbons (Fsp3) is 0.423. The van der Waals surface area contributed by atoms with Gasteiger partial charge in [0.1, 0.15) is 12.6 Å². The molecule has 0 aromatic heterocycles. The summed E-state index contributed by atoms with van der Waals surface area (Å²) in [6, 6.07) is 15.4. The summed E-state index contributed by atoms with van der Waals surface area (Å²) in [5, 5.41) is 12.3. The number of carboxylic acid groups (broad SMARTS) is 1. The minimum Gasteiger partial charge on any atom is -0.480 e. The molecule has 2 amide bonds. The van der Waals surface area contributed by atoms with Crippen LogP contribution in [0.4, 0.5) is 4.79 Å². The second kappa shape index (κ2) is 9.91. The van der Waals surface area contributed by atoms with Crippen LogP contribution in [0.2, 0.25) is 0 Å². The molecule has 0 radical (unpaired) electrons. The van der Waals surface area contributed by atoms with Crippen molar-refractivity contribution in [1.82, 2.24) is 10.2 Å². The molecule has 9 heteroatoms. The SMILES string of the molecule is O=C(NCC1(C(=O)N2CSC[C@H]2C(=O)O)CCOCC1)OCC1c2ccccc2-c2ccccc21.